The van der Waals surface area contributed by atoms with E-state index in [1.54, 1.807) is 11.8 Å². The maximum absolute atomic E-state index is 6.26. The summed E-state index contributed by atoms with van der Waals surface area (Å²) >= 11 is 14.1. The first-order chi connectivity index (χ1) is 12.7. The summed E-state index contributed by atoms with van der Waals surface area (Å²) < 4.78 is 12.9. The molecule has 26 heavy (non-hydrogen) atoms. The summed E-state index contributed by atoms with van der Waals surface area (Å²) in [5, 5.41) is 10.8. The fourth-order valence-corrected chi connectivity index (χ4v) is 4.48. The van der Waals surface area contributed by atoms with Gasteiger partial charge in [-0.2, -0.15) is 0 Å². The summed E-state index contributed by atoms with van der Waals surface area (Å²) in [4.78, 5) is 0. The van der Waals surface area contributed by atoms with Crippen molar-refractivity contribution in [3.63, 3.8) is 0 Å². The summed E-state index contributed by atoms with van der Waals surface area (Å²) in [6, 6.07) is 11.3. The monoisotopic (exact) mass is 407 g/mol. The van der Waals surface area contributed by atoms with E-state index in [1.807, 2.05) is 36.4 Å². The number of hydrogen-bond acceptors (Lipinski definition) is 5. The minimum Gasteiger partial charge on any atom is -0.454 e. The number of aromatic nitrogens is 3. The van der Waals surface area contributed by atoms with Gasteiger partial charge < -0.3 is 14.0 Å². The first-order valence-corrected chi connectivity index (χ1v) is 9.80. The zero-order chi connectivity index (χ0) is 18.1. The van der Waals surface area contributed by atoms with Crippen molar-refractivity contribution in [2.45, 2.75) is 24.4 Å². The molecule has 0 saturated heterocycles. The molecule has 0 radical (unpaired) electrons. The number of rotatable bonds is 5. The topological polar surface area (TPSA) is 49.2 Å². The van der Waals surface area contributed by atoms with Crippen LogP contribution in [0.1, 0.15) is 12.5 Å². The molecule has 0 aliphatic carbocycles. The van der Waals surface area contributed by atoms with Crippen LogP contribution < -0.4 is 9.47 Å². The van der Waals surface area contributed by atoms with Gasteiger partial charge in [0, 0.05) is 27.9 Å². The molecule has 0 spiro atoms. The average molecular weight is 408 g/mol. The fourth-order valence-electron chi connectivity index (χ4n) is 2.74. The number of fused-ring (bicyclic) bond motifs is 1. The Morgan fingerprint density at radius 3 is 2.62 bits per heavy atom. The molecular formula is C18H15Cl2N3O2S. The van der Waals surface area contributed by atoms with Crippen LogP contribution in [0.3, 0.4) is 0 Å². The van der Waals surface area contributed by atoms with Crippen LogP contribution in [0.25, 0.3) is 11.4 Å². The van der Waals surface area contributed by atoms with Gasteiger partial charge in [0.1, 0.15) is 0 Å². The van der Waals surface area contributed by atoms with Crippen LogP contribution in [-0.2, 0) is 12.3 Å². The molecule has 1 aliphatic rings. The van der Waals surface area contributed by atoms with E-state index in [0.29, 0.717) is 15.8 Å². The molecule has 2 aromatic carbocycles. The Kier molecular flexibility index (Phi) is 4.98. The number of thioether (sulfide) groups is 1. The minimum absolute atomic E-state index is 0.249. The van der Waals surface area contributed by atoms with Crippen molar-refractivity contribution < 1.29 is 9.47 Å². The van der Waals surface area contributed by atoms with Gasteiger partial charge in [0.15, 0.2) is 22.5 Å². The Morgan fingerprint density at radius 2 is 1.85 bits per heavy atom. The minimum atomic E-state index is 0.249. The third-order valence-corrected chi connectivity index (χ3v) is 5.77. The normalized spacial score (nSPS) is 12.6. The van der Waals surface area contributed by atoms with Gasteiger partial charge in [0.2, 0.25) is 6.79 Å². The molecule has 0 bridgehead atoms. The van der Waals surface area contributed by atoms with E-state index in [-0.39, 0.29) is 6.79 Å². The Labute approximate surface area is 165 Å². The summed E-state index contributed by atoms with van der Waals surface area (Å²) in [6.45, 7) is 3.06. The Balaban J connectivity index is 1.61. The van der Waals surface area contributed by atoms with Crippen molar-refractivity contribution in [3.8, 4) is 22.9 Å². The van der Waals surface area contributed by atoms with Crippen LogP contribution in [0.4, 0.5) is 0 Å². The molecule has 0 fully saturated rings. The SMILES string of the molecule is CCn1c(SCc2c(Cl)cccc2Cl)nnc1-c1ccc2c(c1)OCO2. The Morgan fingerprint density at radius 1 is 1.08 bits per heavy atom. The smallest absolute Gasteiger partial charge is 0.231 e. The van der Waals surface area contributed by atoms with Gasteiger partial charge in [-0.25, -0.2) is 0 Å². The average Bonchev–Trinajstić information content (AvgIpc) is 3.26. The van der Waals surface area contributed by atoms with Gasteiger partial charge in [-0.3, -0.25) is 0 Å². The lowest BCUT2D eigenvalue weighted by atomic mass is 10.2. The molecular weight excluding hydrogens is 393 g/mol. The standard InChI is InChI=1S/C18H15Cl2N3O2S/c1-2-23-17(11-6-7-15-16(8-11)25-10-24-15)21-22-18(23)26-9-12-13(19)4-3-5-14(12)20/h3-8H,2,9-10H2,1H3. The van der Waals surface area contributed by atoms with Crippen LogP contribution in [-0.4, -0.2) is 21.6 Å². The molecule has 0 unspecified atom stereocenters. The van der Waals surface area contributed by atoms with Gasteiger partial charge >= 0.3 is 0 Å². The second-order valence-electron chi connectivity index (χ2n) is 5.61. The lowest BCUT2D eigenvalue weighted by molar-refractivity contribution is 0.174. The second kappa shape index (κ2) is 7.39. The largest absolute Gasteiger partial charge is 0.454 e. The molecule has 0 amide bonds. The van der Waals surface area contributed by atoms with E-state index < -0.39 is 0 Å². The molecule has 1 aromatic heterocycles. The highest BCUT2D eigenvalue weighted by Gasteiger charge is 2.19. The lowest BCUT2D eigenvalue weighted by Gasteiger charge is -2.09. The molecule has 5 nitrogen and oxygen atoms in total. The van der Waals surface area contributed by atoms with Crippen molar-refractivity contribution in [2.24, 2.45) is 0 Å². The van der Waals surface area contributed by atoms with Crippen molar-refractivity contribution in [1.29, 1.82) is 0 Å². The van der Waals surface area contributed by atoms with Crippen LogP contribution in [0.15, 0.2) is 41.6 Å². The molecule has 8 heteroatoms. The summed E-state index contributed by atoms with van der Waals surface area (Å²) in [6.07, 6.45) is 0. The molecule has 0 saturated carbocycles. The highest BCUT2D eigenvalue weighted by atomic mass is 35.5. The van der Waals surface area contributed by atoms with Crippen LogP contribution in [0.2, 0.25) is 10.0 Å². The maximum Gasteiger partial charge on any atom is 0.231 e. The molecule has 2 heterocycles. The van der Waals surface area contributed by atoms with E-state index in [2.05, 4.69) is 21.7 Å². The van der Waals surface area contributed by atoms with Crippen LogP contribution >= 0.6 is 35.0 Å². The third kappa shape index (κ3) is 3.24. The summed E-state index contributed by atoms with van der Waals surface area (Å²) in [5.74, 6) is 2.89. The number of ether oxygens (including phenoxy) is 2. The van der Waals surface area contributed by atoms with Gasteiger partial charge in [0.05, 0.1) is 0 Å². The maximum atomic E-state index is 6.26. The first-order valence-electron chi connectivity index (χ1n) is 8.06. The second-order valence-corrected chi connectivity index (χ2v) is 7.36. The summed E-state index contributed by atoms with van der Waals surface area (Å²) in [5.41, 5.74) is 1.84. The predicted octanol–water partition coefficient (Wildman–Crippen LogP) is 5.29. The quantitative estimate of drug-likeness (QED) is 0.537. The zero-order valence-corrected chi connectivity index (χ0v) is 16.2. The molecule has 3 aromatic rings. The molecule has 0 N–H and O–H groups in total. The van der Waals surface area contributed by atoms with E-state index in [4.69, 9.17) is 32.7 Å². The number of nitrogens with zero attached hydrogens (tertiary/aromatic N) is 3. The van der Waals surface area contributed by atoms with Gasteiger partial charge in [-0.1, -0.05) is 41.0 Å². The Bertz CT molecular complexity index is 941. The van der Waals surface area contributed by atoms with E-state index >= 15 is 0 Å². The number of halogens is 2. The zero-order valence-electron chi connectivity index (χ0n) is 13.9. The third-order valence-electron chi connectivity index (χ3n) is 4.07. The van der Waals surface area contributed by atoms with E-state index in [0.717, 1.165) is 40.2 Å². The molecule has 134 valence electrons. The molecule has 0 atom stereocenters. The van der Waals surface area contributed by atoms with Crippen molar-refractivity contribution in [3.05, 3.63) is 52.0 Å². The first kappa shape index (κ1) is 17.5. The highest BCUT2D eigenvalue weighted by molar-refractivity contribution is 7.98. The van der Waals surface area contributed by atoms with E-state index in [9.17, 15) is 0 Å². The summed E-state index contributed by atoms with van der Waals surface area (Å²) in [7, 11) is 0. The number of benzene rings is 2. The highest BCUT2D eigenvalue weighted by Crippen LogP contribution is 2.37. The van der Waals surface area contributed by atoms with Crippen LogP contribution in [0, 0.1) is 0 Å². The van der Waals surface area contributed by atoms with Crippen molar-refractivity contribution in [1.82, 2.24) is 14.8 Å². The van der Waals surface area contributed by atoms with Gasteiger partial charge in [-0.05, 0) is 42.8 Å². The van der Waals surface area contributed by atoms with Gasteiger partial charge in [-0.15, -0.1) is 10.2 Å². The van der Waals surface area contributed by atoms with Crippen molar-refractivity contribution in [2.75, 3.05) is 6.79 Å². The van der Waals surface area contributed by atoms with Gasteiger partial charge in [0.25, 0.3) is 0 Å². The number of hydrogen-bond donors (Lipinski definition) is 0. The lowest BCUT2D eigenvalue weighted by Crippen LogP contribution is -2.00. The molecule has 1 aliphatic heterocycles. The fraction of sp³-hybridized carbons (Fsp3) is 0.222. The predicted molar refractivity (Wildman–Crippen MR) is 103 cm³/mol. The van der Waals surface area contributed by atoms with Crippen LogP contribution in [0.5, 0.6) is 11.5 Å². The molecule has 4 rings (SSSR count). The van der Waals surface area contributed by atoms with E-state index in [1.165, 1.54) is 0 Å². The van der Waals surface area contributed by atoms with Crippen molar-refractivity contribution >= 4 is 35.0 Å². The Hall–Kier alpha value is -1.89.